The van der Waals surface area contributed by atoms with Gasteiger partial charge < -0.3 is 65.1 Å². The number of unbranched alkanes of at least 4 members (excludes halogenated alkanes) is 22. The number of allylic oxidation sites excluding steroid dienone is 19. The van der Waals surface area contributed by atoms with Gasteiger partial charge in [0.15, 0.2) is 12.6 Å². The van der Waals surface area contributed by atoms with E-state index in [9.17, 15) is 45.6 Å². The molecule has 2 saturated heterocycles. The Hall–Kier alpha value is -3.61. The van der Waals surface area contributed by atoms with Crippen molar-refractivity contribution in [1.82, 2.24) is 5.32 Å². The van der Waals surface area contributed by atoms with Crippen molar-refractivity contribution < 1.29 is 64.6 Å². The van der Waals surface area contributed by atoms with E-state index >= 15 is 0 Å². The molecule has 14 heteroatoms. The van der Waals surface area contributed by atoms with Gasteiger partial charge in [0.2, 0.25) is 5.91 Å². The van der Waals surface area contributed by atoms with Gasteiger partial charge in [-0.2, -0.15) is 0 Å². The van der Waals surface area contributed by atoms with Gasteiger partial charge in [0.05, 0.1) is 32.0 Å². The van der Waals surface area contributed by atoms with Crippen molar-refractivity contribution >= 4 is 5.91 Å². The van der Waals surface area contributed by atoms with Gasteiger partial charge in [0.25, 0.3) is 0 Å². The fourth-order valence-electron chi connectivity index (χ4n) is 10.3. The number of amides is 1. The maximum absolute atomic E-state index is 13.3. The summed E-state index contributed by atoms with van der Waals surface area (Å²) in [5, 5.41) is 87.3. The zero-order valence-corrected chi connectivity index (χ0v) is 53.3. The van der Waals surface area contributed by atoms with Crippen molar-refractivity contribution in [3.05, 3.63) is 122 Å². The smallest absolute Gasteiger partial charge is 0.220 e. The van der Waals surface area contributed by atoms with E-state index in [2.05, 4.69) is 129 Å². The zero-order chi connectivity index (χ0) is 62.3. The monoisotopic (exact) mass is 1210 g/mol. The lowest BCUT2D eigenvalue weighted by molar-refractivity contribution is -0.359. The number of carbonyl (C=O) groups excluding carboxylic acids is 1. The van der Waals surface area contributed by atoms with E-state index in [1.807, 2.05) is 6.08 Å². The van der Waals surface area contributed by atoms with Crippen LogP contribution in [-0.2, 0) is 23.7 Å². The molecule has 0 aliphatic carbocycles. The molecule has 86 heavy (non-hydrogen) atoms. The number of hydrogen-bond donors (Lipinski definition) is 9. The molecule has 2 rings (SSSR count). The first-order chi connectivity index (χ1) is 42.1. The van der Waals surface area contributed by atoms with Crippen LogP contribution in [-0.4, -0.2) is 140 Å². The van der Waals surface area contributed by atoms with Crippen molar-refractivity contribution in [2.75, 3.05) is 19.8 Å². The third-order valence-electron chi connectivity index (χ3n) is 15.7. The minimum atomic E-state index is -1.80. The molecule has 9 N–H and O–H groups in total. The summed E-state index contributed by atoms with van der Waals surface area (Å²) in [6, 6.07) is -0.943. The highest BCUT2D eigenvalue weighted by Gasteiger charge is 2.51. The van der Waals surface area contributed by atoms with Crippen LogP contribution in [0.5, 0.6) is 0 Å². The third-order valence-corrected chi connectivity index (χ3v) is 15.7. The van der Waals surface area contributed by atoms with Crippen LogP contribution in [0, 0.1) is 0 Å². The fourth-order valence-corrected chi connectivity index (χ4v) is 10.3. The lowest BCUT2D eigenvalue weighted by Crippen LogP contribution is -2.65. The minimum Gasteiger partial charge on any atom is -0.394 e. The Morgan fingerprint density at radius 1 is 0.430 bits per heavy atom. The molecule has 2 heterocycles. The first-order valence-electron chi connectivity index (χ1n) is 33.8. The average Bonchev–Trinajstić information content (AvgIpc) is 2.54. The summed E-state index contributed by atoms with van der Waals surface area (Å²) >= 11 is 0. The quantitative estimate of drug-likeness (QED) is 0.0204. The average molecular weight is 1210 g/mol. The van der Waals surface area contributed by atoms with Crippen LogP contribution in [0.2, 0.25) is 0 Å². The summed E-state index contributed by atoms with van der Waals surface area (Å²) in [6.45, 7) is 2.67. The van der Waals surface area contributed by atoms with Crippen molar-refractivity contribution in [2.24, 2.45) is 0 Å². The van der Waals surface area contributed by atoms with E-state index < -0.39 is 86.8 Å². The van der Waals surface area contributed by atoms with E-state index in [0.717, 1.165) is 96.3 Å². The third kappa shape index (κ3) is 39.4. The Labute approximate surface area is 520 Å². The second-order valence-electron chi connectivity index (χ2n) is 23.2. The summed E-state index contributed by atoms with van der Waals surface area (Å²) in [7, 11) is 0. The van der Waals surface area contributed by atoms with E-state index in [1.165, 1.54) is 109 Å². The molecule has 2 fully saturated rings. The lowest BCUT2D eigenvalue weighted by atomic mass is 9.97. The Morgan fingerprint density at radius 3 is 1.23 bits per heavy atom. The molecule has 0 aromatic carbocycles. The van der Waals surface area contributed by atoms with Crippen LogP contribution in [0.4, 0.5) is 0 Å². The maximum Gasteiger partial charge on any atom is 0.220 e. The maximum atomic E-state index is 13.3. The second kappa shape index (κ2) is 55.5. The Balaban J connectivity index is 1.74. The van der Waals surface area contributed by atoms with Gasteiger partial charge in [-0.3, -0.25) is 4.79 Å². The number of ether oxygens (including phenoxy) is 4. The van der Waals surface area contributed by atoms with Crippen molar-refractivity contribution in [3.8, 4) is 0 Å². The number of hydrogen-bond acceptors (Lipinski definition) is 13. The van der Waals surface area contributed by atoms with E-state index in [-0.39, 0.29) is 18.9 Å². The summed E-state index contributed by atoms with van der Waals surface area (Å²) in [5.74, 6) is -0.275. The van der Waals surface area contributed by atoms with E-state index in [0.29, 0.717) is 6.42 Å². The second-order valence-corrected chi connectivity index (χ2v) is 23.2. The molecule has 0 radical (unpaired) electrons. The normalized spacial score (nSPS) is 24.2. The van der Waals surface area contributed by atoms with Crippen LogP contribution >= 0.6 is 0 Å². The number of carbonyl (C=O) groups is 1. The lowest BCUT2D eigenvalue weighted by Gasteiger charge is -2.46. The molecule has 14 nitrogen and oxygen atoms in total. The standard InChI is InChI=1S/C72H121NO13/c1-3-5-7-9-11-13-15-17-19-21-23-25-26-27-28-29-30-31-32-33-34-36-38-40-42-44-46-48-50-52-54-56-64(77)73-60(61(76)55-53-51-49-47-45-43-41-39-37-35-24-22-20-18-16-14-12-10-8-6-4-2)59-83-71-69(82)67(80)70(63(58-75)85-71)86-72-68(81)66(79)65(78)62(57-74)84-72/h5,7,11,13,17,19,23,25,27-28,30-31,33-34,38,40,44,46,53,55,60-63,65-72,74-76,78-82H,3-4,6,8-10,12,14-16,18,20-22,24,26,29,32,35-37,39,41-43,45,47-52,54,56-59H2,1-2H3,(H,73,77)/b7-5-,13-11-,19-17-,25-23-,28-27-,31-30-,34-33-,40-38-,46-44-,55-53+. The van der Waals surface area contributed by atoms with Gasteiger partial charge in [-0.05, 0) is 89.9 Å². The number of rotatable bonds is 53. The largest absolute Gasteiger partial charge is 0.394 e. The molecule has 2 aliphatic heterocycles. The summed E-state index contributed by atoms with van der Waals surface area (Å²) in [4.78, 5) is 13.3. The van der Waals surface area contributed by atoms with Gasteiger partial charge in [0, 0.05) is 6.42 Å². The molecule has 2 aliphatic rings. The predicted octanol–water partition coefficient (Wildman–Crippen LogP) is 13.3. The molecule has 0 bridgehead atoms. The van der Waals surface area contributed by atoms with Gasteiger partial charge >= 0.3 is 0 Å². The van der Waals surface area contributed by atoms with Crippen molar-refractivity contribution in [1.29, 1.82) is 0 Å². The van der Waals surface area contributed by atoms with Gasteiger partial charge in [-0.25, -0.2) is 0 Å². The Morgan fingerprint density at radius 2 is 0.802 bits per heavy atom. The van der Waals surface area contributed by atoms with Crippen molar-refractivity contribution in [2.45, 2.75) is 306 Å². The first-order valence-corrected chi connectivity index (χ1v) is 33.8. The summed E-state index contributed by atoms with van der Waals surface area (Å²) < 4.78 is 22.8. The highest BCUT2D eigenvalue weighted by molar-refractivity contribution is 5.76. The van der Waals surface area contributed by atoms with Crippen LogP contribution in [0.3, 0.4) is 0 Å². The topological polar surface area (TPSA) is 228 Å². The predicted molar refractivity (Wildman–Crippen MR) is 350 cm³/mol. The van der Waals surface area contributed by atoms with Gasteiger partial charge in [-0.15, -0.1) is 0 Å². The minimum absolute atomic E-state index is 0.233. The highest BCUT2D eigenvalue weighted by Crippen LogP contribution is 2.30. The highest BCUT2D eigenvalue weighted by atomic mass is 16.7. The Bertz CT molecular complexity index is 1910. The first kappa shape index (κ1) is 78.5. The molecule has 12 unspecified atom stereocenters. The number of aliphatic hydroxyl groups excluding tert-OH is 8. The van der Waals surface area contributed by atoms with Crippen LogP contribution in [0.25, 0.3) is 0 Å². The molecule has 0 saturated carbocycles. The molecular weight excluding hydrogens is 1090 g/mol. The molecular formula is C72H121NO13. The molecule has 12 atom stereocenters. The molecule has 0 aromatic rings. The molecule has 492 valence electrons. The fraction of sp³-hybridized carbons (Fsp3) is 0.708. The van der Waals surface area contributed by atoms with Crippen molar-refractivity contribution in [3.63, 3.8) is 0 Å². The zero-order valence-electron chi connectivity index (χ0n) is 53.3. The number of aliphatic hydroxyl groups is 8. The van der Waals surface area contributed by atoms with Gasteiger partial charge in [0.1, 0.15) is 48.8 Å². The summed E-state index contributed by atoms with van der Waals surface area (Å²) in [5.41, 5.74) is 0. The molecule has 0 spiro atoms. The van der Waals surface area contributed by atoms with Crippen LogP contribution in [0.15, 0.2) is 122 Å². The van der Waals surface area contributed by atoms with E-state index in [4.69, 9.17) is 18.9 Å². The van der Waals surface area contributed by atoms with Crippen LogP contribution in [0.1, 0.15) is 232 Å². The molecule has 1 amide bonds. The SMILES string of the molecule is CC/C=C\C/C=C\C/C=C\C/C=C\C/C=C\C/C=C\C/C=C\C/C=C\C/C=C\CCCCCC(=O)NC(COC1OC(CO)C(OC2OC(CO)C(O)C(O)C2O)C(O)C1O)C(O)/C=C/CCCCCCCCCCCCCCCCCCCCC. The Kier molecular flexibility index (Phi) is 50.6. The summed E-state index contributed by atoms with van der Waals surface area (Å²) in [6.07, 6.45) is 63.8. The molecule has 0 aromatic heterocycles. The number of nitrogens with one attached hydrogen (secondary N) is 1. The van der Waals surface area contributed by atoms with Gasteiger partial charge in [-0.1, -0.05) is 257 Å². The van der Waals surface area contributed by atoms with Crippen LogP contribution < -0.4 is 5.32 Å². The van der Waals surface area contributed by atoms with E-state index in [1.54, 1.807) is 6.08 Å².